The minimum atomic E-state index is -0.867. The summed E-state index contributed by atoms with van der Waals surface area (Å²) in [6.45, 7) is 0.566. The number of carboxylic acid groups (broad SMARTS) is 1. The van der Waals surface area contributed by atoms with Crippen LogP contribution in [0, 0.1) is 0 Å². The van der Waals surface area contributed by atoms with Crippen molar-refractivity contribution in [3.05, 3.63) is 102 Å². The quantitative estimate of drug-likeness (QED) is 0.453. The van der Waals surface area contributed by atoms with Crippen LogP contribution in [0.2, 0.25) is 0 Å². The fraction of sp³-hybridized carbons (Fsp3) is 0.0833. The second-order valence-corrected chi connectivity index (χ2v) is 7.67. The van der Waals surface area contributed by atoms with E-state index in [1.165, 1.54) is 11.8 Å². The predicted molar refractivity (Wildman–Crippen MR) is 115 cm³/mol. The topological polar surface area (TPSA) is 55.1 Å². The van der Waals surface area contributed by atoms with Crippen LogP contribution in [0.1, 0.15) is 11.3 Å². The number of hydrogen-bond donors (Lipinski definition) is 1. The van der Waals surface area contributed by atoms with Gasteiger partial charge in [0.15, 0.2) is 0 Å². The molecule has 4 nitrogen and oxygen atoms in total. The van der Waals surface area contributed by atoms with E-state index in [2.05, 4.69) is 0 Å². The summed E-state index contributed by atoms with van der Waals surface area (Å²) in [5.41, 5.74) is 2.79. The fourth-order valence-electron chi connectivity index (χ4n) is 3.20. The van der Waals surface area contributed by atoms with Crippen molar-refractivity contribution in [2.75, 3.05) is 0 Å². The Morgan fingerprint density at radius 2 is 1.45 bits per heavy atom. The maximum Gasteiger partial charge on any atom is 0.309 e. The summed E-state index contributed by atoms with van der Waals surface area (Å²) >= 11 is 1.50. The Balaban J connectivity index is 1.85. The molecule has 0 atom stereocenters. The van der Waals surface area contributed by atoms with Gasteiger partial charge < -0.3 is 9.67 Å². The molecule has 0 saturated carbocycles. The highest BCUT2D eigenvalue weighted by Crippen LogP contribution is 2.34. The largest absolute Gasteiger partial charge is 0.481 e. The molecular weight excluding hydrogens is 380 g/mol. The molecule has 1 heterocycles. The molecule has 0 aliphatic carbocycles. The first-order valence-electron chi connectivity index (χ1n) is 9.34. The van der Waals surface area contributed by atoms with Crippen LogP contribution in [0.25, 0.3) is 11.4 Å². The van der Waals surface area contributed by atoms with Crippen molar-refractivity contribution in [2.24, 2.45) is 0 Å². The van der Waals surface area contributed by atoms with Gasteiger partial charge in [-0.05, 0) is 17.7 Å². The Labute approximate surface area is 173 Å². The molecule has 144 valence electrons. The summed E-state index contributed by atoms with van der Waals surface area (Å²) < 4.78 is 2.03. The first kappa shape index (κ1) is 19.0. The molecule has 0 unspecified atom stereocenters. The standard InChI is InChI=1S/C24H20N2O2S/c27-22(28)16-21-24(29-20-14-8-3-9-15-20)25-23(19-12-6-2-7-13-19)26(21)17-18-10-4-1-5-11-18/h1-15H,16-17H2,(H,27,28). The van der Waals surface area contributed by atoms with Crippen molar-refractivity contribution in [2.45, 2.75) is 22.9 Å². The van der Waals surface area contributed by atoms with Crippen LogP contribution in [0.3, 0.4) is 0 Å². The van der Waals surface area contributed by atoms with E-state index in [9.17, 15) is 9.90 Å². The summed E-state index contributed by atoms with van der Waals surface area (Å²) in [4.78, 5) is 17.6. The van der Waals surface area contributed by atoms with E-state index in [4.69, 9.17) is 4.98 Å². The highest BCUT2D eigenvalue weighted by atomic mass is 32.2. The number of nitrogens with zero attached hydrogens (tertiary/aromatic N) is 2. The van der Waals surface area contributed by atoms with E-state index in [0.29, 0.717) is 12.2 Å². The van der Waals surface area contributed by atoms with Gasteiger partial charge in [0.1, 0.15) is 10.9 Å². The van der Waals surface area contributed by atoms with E-state index in [1.54, 1.807) is 0 Å². The fourth-order valence-corrected chi connectivity index (χ4v) is 4.15. The van der Waals surface area contributed by atoms with Crippen molar-refractivity contribution >= 4 is 17.7 Å². The molecule has 0 spiro atoms. The molecule has 0 fully saturated rings. The Morgan fingerprint density at radius 1 is 0.862 bits per heavy atom. The second kappa shape index (κ2) is 8.80. The SMILES string of the molecule is O=C(O)Cc1c(Sc2ccccc2)nc(-c2ccccc2)n1Cc1ccccc1. The number of carboxylic acids is 1. The first-order chi connectivity index (χ1) is 14.2. The van der Waals surface area contributed by atoms with Gasteiger partial charge >= 0.3 is 5.97 Å². The van der Waals surface area contributed by atoms with Crippen LogP contribution in [0.4, 0.5) is 0 Å². The normalized spacial score (nSPS) is 10.8. The van der Waals surface area contributed by atoms with Gasteiger partial charge in [-0.2, -0.15) is 0 Å². The minimum Gasteiger partial charge on any atom is -0.481 e. The lowest BCUT2D eigenvalue weighted by Crippen LogP contribution is -2.11. The van der Waals surface area contributed by atoms with Crippen LogP contribution in [0.15, 0.2) is 101 Å². The lowest BCUT2D eigenvalue weighted by Gasteiger charge is -2.12. The lowest BCUT2D eigenvalue weighted by atomic mass is 10.2. The molecule has 4 rings (SSSR count). The van der Waals surface area contributed by atoms with Crippen molar-refractivity contribution in [3.8, 4) is 11.4 Å². The van der Waals surface area contributed by atoms with Gasteiger partial charge in [0.05, 0.1) is 12.1 Å². The molecule has 0 aliphatic rings. The van der Waals surface area contributed by atoms with Gasteiger partial charge in [-0.1, -0.05) is 90.6 Å². The molecule has 0 bridgehead atoms. The predicted octanol–water partition coefficient (Wildman–Crippen LogP) is 5.38. The van der Waals surface area contributed by atoms with E-state index < -0.39 is 5.97 Å². The third-order valence-corrected chi connectivity index (χ3v) is 5.56. The molecule has 0 aliphatic heterocycles. The van der Waals surface area contributed by atoms with Gasteiger partial charge in [0.25, 0.3) is 0 Å². The molecule has 1 N–H and O–H groups in total. The number of hydrogen-bond acceptors (Lipinski definition) is 3. The van der Waals surface area contributed by atoms with E-state index in [-0.39, 0.29) is 6.42 Å². The molecular formula is C24H20N2O2S. The number of imidazole rings is 1. The number of aliphatic carboxylic acids is 1. The number of carbonyl (C=O) groups is 1. The van der Waals surface area contributed by atoms with Crippen LogP contribution in [-0.2, 0) is 17.8 Å². The molecule has 4 aromatic rings. The average Bonchev–Trinajstić information content (AvgIpc) is 3.06. The van der Waals surface area contributed by atoms with E-state index in [0.717, 1.165) is 26.9 Å². The van der Waals surface area contributed by atoms with Crippen LogP contribution >= 0.6 is 11.8 Å². The average molecular weight is 401 g/mol. The molecule has 29 heavy (non-hydrogen) atoms. The Hall–Kier alpha value is -3.31. The van der Waals surface area contributed by atoms with Gasteiger partial charge in [0, 0.05) is 17.0 Å². The Kier molecular flexibility index (Phi) is 5.77. The van der Waals surface area contributed by atoms with Gasteiger partial charge in [-0.15, -0.1) is 0 Å². The third kappa shape index (κ3) is 4.58. The molecule has 0 amide bonds. The van der Waals surface area contributed by atoms with Gasteiger partial charge in [-0.3, -0.25) is 4.79 Å². The van der Waals surface area contributed by atoms with Gasteiger partial charge in [0.2, 0.25) is 0 Å². The first-order valence-corrected chi connectivity index (χ1v) is 10.2. The Morgan fingerprint density at radius 3 is 2.07 bits per heavy atom. The smallest absolute Gasteiger partial charge is 0.309 e. The third-order valence-electron chi connectivity index (χ3n) is 4.53. The minimum absolute atomic E-state index is 0.0815. The summed E-state index contributed by atoms with van der Waals surface area (Å²) in [5, 5.41) is 10.3. The summed E-state index contributed by atoms with van der Waals surface area (Å²) in [6.07, 6.45) is -0.0815. The van der Waals surface area contributed by atoms with Crippen molar-refractivity contribution in [3.63, 3.8) is 0 Å². The maximum atomic E-state index is 11.7. The summed E-state index contributed by atoms with van der Waals surface area (Å²) in [5.74, 6) is -0.0853. The van der Waals surface area contributed by atoms with Crippen LogP contribution in [-0.4, -0.2) is 20.6 Å². The van der Waals surface area contributed by atoms with Crippen molar-refractivity contribution < 1.29 is 9.90 Å². The highest BCUT2D eigenvalue weighted by Gasteiger charge is 2.21. The second-order valence-electron chi connectivity index (χ2n) is 6.61. The van der Waals surface area contributed by atoms with Gasteiger partial charge in [-0.25, -0.2) is 4.98 Å². The zero-order chi connectivity index (χ0) is 20.1. The van der Waals surface area contributed by atoms with Crippen LogP contribution < -0.4 is 0 Å². The van der Waals surface area contributed by atoms with Crippen molar-refractivity contribution in [1.82, 2.24) is 9.55 Å². The number of benzene rings is 3. The summed E-state index contributed by atoms with van der Waals surface area (Å²) in [7, 11) is 0. The van der Waals surface area contributed by atoms with E-state index in [1.807, 2.05) is 95.6 Å². The van der Waals surface area contributed by atoms with Crippen molar-refractivity contribution in [1.29, 1.82) is 0 Å². The maximum absolute atomic E-state index is 11.7. The lowest BCUT2D eigenvalue weighted by molar-refractivity contribution is -0.136. The van der Waals surface area contributed by atoms with Crippen LogP contribution in [0.5, 0.6) is 0 Å². The molecule has 0 radical (unpaired) electrons. The molecule has 3 aromatic carbocycles. The molecule has 1 aromatic heterocycles. The molecule has 0 saturated heterocycles. The van der Waals surface area contributed by atoms with E-state index >= 15 is 0 Å². The summed E-state index contributed by atoms with van der Waals surface area (Å²) in [6, 6.07) is 29.9. The monoisotopic (exact) mass is 400 g/mol. The highest BCUT2D eigenvalue weighted by molar-refractivity contribution is 7.99. The molecule has 5 heteroatoms. The zero-order valence-corrected chi connectivity index (χ0v) is 16.5. The Bertz CT molecular complexity index is 1090. The zero-order valence-electron chi connectivity index (χ0n) is 15.7. The number of rotatable bonds is 7. The number of aromatic nitrogens is 2.